The first-order valence-corrected chi connectivity index (χ1v) is 4.33. The highest BCUT2D eigenvalue weighted by Gasteiger charge is 2.32. The van der Waals surface area contributed by atoms with Gasteiger partial charge in [0.2, 0.25) is 0 Å². The first-order chi connectivity index (χ1) is 6.19. The van der Waals surface area contributed by atoms with E-state index in [0.29, 0.717) is 12.8 Å². The first-order valence-electron chi connectivity index (χ1n) is 4.33. The lowest BCUT2D eigenvalue weighted by Gasteiger charge is -2.34. The number of ether oxygens (including phenoxy) is 1. The second kappa shape index (κ2) is 4.85. The Morgan fingerprint density at radius 3 is 2.77 bits per heavy atom. The Kier molecular flexibility index (Phi) is 4.04. The minimum Gasteiger partial charge on any atom is -0.389 e. The van der Waals surface area contributed by atoms with E-state index in [0.717, 1.165) is 0 Å². The molecule has 0 spiro atoms. The van der Waals surface area contributed by atoms with Gasteiger partial charge in [-0.05, 0) is 12.8 Å². The molecule has 13 heavy (non-hydrogen) atoms. The Balaban J connectivity index is 2.44. The molecule has 0 aliphatic carbocycles. The normalized spacial score (nSPS) is 37.4. The van der Waals surface area contributed by atoms with Crippen LogP contribution in [0.15, 0.2) is 0 Å². The highest BCUT2D eigenvalue weighted by molar-refractivity contribution is 4.80. The monoisotopic (exact) mass is 191 g/mol. The number of aliphatic hydroxyl groups excluding tert-OH is 1. The molecule has 1 aliphatic heterocycles. The molecule has 0 amide bonds. The lowest BCUT2D eigenvalue weighted by Crippen LogP contribution is -2.51. The minimum atomic E-state index is -0.676. The molecule has 4 atom stereocenters. The van der Waals surface area contributed by atoms with Gasteiger partial charge >= 0.3 is 0 Å². The third kappa shape index (κ3) is 2.60. The van der Waals surface area contributed by atoms with Gasteiger partial charge in [-0.15, -0.1) is 0 Å². The van der Waals surface area contributed by atoms with Gasteiger partial charge in [0.15, 0.2) is 6.29 Å². The SMILES string of the molecule is NCC(O)C1CCC(N)[C@@H](ON)O1. The van der Waals surface area contributed by atoms with Crippen LogP contribution in [0.1, 0.15) is 12.8 Å². The molecular formula is C7H17N3O3. The molecule has 0 aromatic rings. The van der Waals surface area contributed by atoms with Crippen molar-refractivity contribution in [2.75, 3.05) is 6.54 Å². The van der Waals surface area contributed by atoms with Gasteiger partial charge < -0.3 is 21.3 Å². The van der Waals surface area contributed by atoms with Gasteiger partial charge in [0, 0.05) is 6.54 Å². The first kappa shape index (κ1) is 10.8. The van der Waals surface area contributed by atoms with Crippen LogP contribution in [0.3, 0.4) is 0 Å². The second-order valence-corrected chi connectivity index (χ2v) is 3.22. The molecule has 0 bridgehead atoms. The number of nitrogens with two attached hydrogens (primary N) is 3. The maximum Gasteiger partial charge on any atom is 0.192 e. The Labute approximate surface area is 76.9 Å². The predicted octanol–water partition coefficient (Wildman–Crippen LogP) is -1.97. The average molecular weight is 191 g/mol. The van der Waals surface area contributed by atoms with E-state index in [1.54, 1.807) is 0 Å². The van der Waals surface area contributed by atoms with E-state index in [2.05, 4.69) is 4.84 Å². The molecule has 3 unspecified atom stereocenters. The Morgan fingerprint density at radius 2 is 2.23 bits per heavy atom. The van der Waals surface area contributed by atoms with E-state index >= 15 is 0 Å². The molecule has 1 heterocycles. The Morgan fingerprint density at radius 1 is 1.54 bits per heavy atom. The zero-order valence-corrected chi connectivity index (χ0v) is 7.43. The Bertz CT molecular complexity index is 158. The van der Waals surface area contributed by atoms with Crippen molar-refractivity contribution in [3.8, 4) is 0 Å². The summed E-state index contributed by atoms with van der Waals surface area (Å²) in [6.07, 6.45) is -0.244. The second-order valence-electron chi connectivity index (χ2n) is 3.22. The van der Waals surface area contributed by atoms with E-state index in [1.807, 2.05) is 0 Å². The van der Waals surface area contributed by atoms with Crippen LogP contribution in [0.25, 0.3) is 0 Å². The van der Waals surface area contributed by atoms with E-state index in [-0.39, 0.29) is 18.7 Å². The van der Waals surface area contributed by atoms with Gasteiger partial charge in [-0.3, -0.25) is 4.84 Å². The molecule has 1 saturated heterocycles. The third-order valence-corrected chi connectivity index (χ3v) is 2.25. The Hall–Kier alpha value is -0.240. The molecule has 0 aromatic carbocycles. The summed E-state index contributed by atoms with van der Waals surface area (Å²) in [4.78, 5) is 4.53. The lowest BCUT2D eigenvalue weighted by atomic mass is 10.0. The minimum absolute atomic E-state index is 0.164. The van der Waals surface area contributed by atoms with Gasteiger partial charge in [0.25, 0.3) is 0 Å². The quantitative estimate of drug-likeness (QED) is 0.384. The average Bonchev–Trinajstić information content (AvgIpc) is 2.17. The summed E-state index contributed by atoms with van der Waals surface area (Å²) < 4.78 is 5.30. The molecule has 1 fully saturated rings. The predicted molar refractivity (Wildman–Crippen MR) is 46.2 cm³/mol. The van der Waals surface area contributed by atoms with Crippen molar-refractivity contribution in [1.29, 1.82) is 0 Å². The van der Waals surface area contributed by atoms with E-state index in [4.69, 9.17) is 22.1 Å². The van der Waals surface area contributed by atoms with Crippen LogP contribution in [0.5, 0.6) is 0 Å². The van der Waals surface area contributed by atoms with Crippen LogP contribution in [0.4, 0.5) is 0 Å². The van der Waals surface area contributed by atoms with Gasteiger partial charge in [-0.1, -0.05) is 0 Å². The van der Waals surface area contributed by atoms with E-state index in [1.165, 1.54) is 0 Å². The number of aliphatic hydroxyl groups is 1. The maximum atomic E-state index is 9.40. The zero-order valence-electron chi connectivity index (χ0n) is 7.43. The van der Waals surface area contributed by atoms with Crippen LogP contribution >= 0.6 is 0 Å². The van der Waals surface area contributed by atoms with Gasteiger partial charge in [0.1, 0.15) is 0 Å². The molecule has 7 N–H and O–H groups in total. The van der Waals surface area contributed by atoms with Crippen molar-refractivity contribution >= 4 is 0 Å². The van der Waals surface area contributed by atoms with Crippen molar-refractivity contribution in [2.45, 2.75) is 37.4 Å². The van der Waals surface area contributed by atoms with Crippen molar-refractivity contribution in [3.05, 3.63) is 0 Å². The summed E-state index contributed by atoms with van der Waals surface area (Å²) in [6.45, 7) is 0.164. The number of hydrogen-bond acceptors (Lipinski definition) is 6. The molecule has 6 nitrogen and oxygen atoms in total. The molecular weight excluding hydrogens is 174 g/mol. The van der Waals surface area contributed by atoms with Gasteiger partial charge in [-0.2, -0.15) is 0 Å². The highest BCUT2D eigenvalue weighted by Crippen LogP contribution is 2.20. The fourth-order valence-electron chi connectivity index (χ4n) is 1.40. The van der Waals surface area contributed by atoms with Gasteiger partial charge in [-0.25, -0.2) is 5.90 Å². The van der Waals surface area contributed by atoms with Gasteiger partial charge in [0.05, 0.1) is 18.2 Å². The summed E-state index contributed by atoms with van der Waals surface area (Å²) in [5.41, 5.74) is 10.9. The van der Waals surface area contributed by atoms with Crippen LogP contribution in [0.2, 0.25) is 0 Å². The molecule has 0 aromatic heterocycles. The maximum absolute atomic E-state index is 9.40. The molecule has 6 heteroatoms. The summed E-state index contributed by atoms with van der Waals surface area (Å²) in [5, 5.41) is 9.40. The summed E-state index contributed by atoms with van der Waals surface area (Å²) in [5.74, 6) is 4.98. The van der Waals surface area contributed by atoms with E-state index < -0.39 is 12.4 Å². The lowest BCUT2D eigenvalue weighted by molar-refractivity contribution is -0.223. The van der Waals surface area contributed by atoms with Crippen LogP contribution in [-0.2, 0) is 9.57 Å². The van der Waals surface area contributed by atoms with Crippen LogP contribution in [-0.4, -0.2) is 36.2 Å². The zero-order chi connectivity index (χ0) is 9.84. The molecule has 78 valence electrons. The highest BCUT2D eigenvalue weighted by atomic mass is 16.8. The summed E-state index contributed by atoms with van der Waals surface area (Å²) in [7, 11) is 0. The van der Waals surface area contributed by atoms with E-state index in [9.17, 15) is 5.11 Å². The molecule has 1 aliphatic rings. The number of hydrogen-bond donors (Lipinski definition) is 4. The summed E-state index contributed by atoms with van der Waals surface area (Å²) in [6, 6.07) is -0.230. The fourth-order valence-corrected chi connectivity index (χ4v) is 1.40. The third-order valence-electron chi connectivity index (χ3n) is 2.25. The standard InChI is InChI=1S/C7H17N3O3/c8-3-5(11)6-2-1-4(9)7(12-6)13-10/h4-7,11H,1-3,8-10H2/t4?,5?,6?,7-/m1/s1. The largest absolute Gasteiger partial charge is 0.389 e. The molecule has 0 saturated carbocycles. The molecule has 0 radical (unpaired) electrons. The van der Waals surface area contributed by atoms with Crippen LogP contribution in [0, 0.1) is 0 Å². The topological polar surface area (TPSA) is 117 Å². The summed E-state index contributed by atoms with van der Waals surface area (Å²) >= 11 is 0. The smallest absolute Gasteiger partial charge is 0.192 e. The fraction of sp³-hybridized carbons (Fsp3) is 1.00. The number of rotatable bonds is 3. The molecule has 1 rings (SSSR count). The van der Waals surface area contributed by atoms with Crippen LogP contribution < -0.4 is 17.4 Å². The van der Waals surface area contributed by atoms with Crippen molar-refractivity contribution in [1.82, 2.24) is 0 Å². The van der Waals surface area contributed by atoms with Crippen molar-refractivity contribution in [3.63, 3.8) is 0 Å². The van der Waals surface area contributed by atoms with Crippen molar-refractivity contribution < 1.29 is 14.7 Å². The van der Waals surface area contributed by atoms with Crippen molar-refractivity contribution in [2.24, 2.45) is 17.4 Å².